The molecule has 2 N–H and O–H groups in total. The molecule has 17 heavy (non-hydrogen) atoms. The maximum absolute atomic E-state index is 12.1. The largest absolute Gasteiger partial charge is 0.399 e. The molecule has 88 valence electrons. The topological polar surface area (TPSA) is 43.1 Å². The maximum Gasteiger partial charge on any atom is 0.0574 e. The van der Waals surface area contributed by atoms with Crippen LogP contribution in [-0.2, 0) is 16.6 Å². The number of hydrogen-bond acceptors (Lipinski definition) is 2. The zero-order valence-corrected chi connectivity index (χ0v) is 10.5. The summed E-state index contributed by atoms with van der Waals surface area (Å²) in [6.07, 6.45) is 0. The fourth-order valence-electron chi connectivity index (χ4n) is 1.66. The third-order valence-electron chi connectivity index (χ3n) is 2.78. The minimum atomic E-state index is -1.01. The lowest BCUT2D eigenvalue weighted by molar-refractivity contribution is 0.682. The molecule has 0 spiro atoms. The molecule has 0 aromatic heterocycles. The van der Waals surface area contributed by atoms with Crippen LogP contribution in [0.2, 0.25) is 0 Å². The summed E-state index contributed by atoms with van der Waals surface area (Å²) in [6.45, 7) is 1.97. The molecule has 2 nitrogen and oxygen atoms in total. The Kier molecular flexibility index (Phi) is 3.59. The van der Waals surface area contributed by atoms with Gasteiger partial charge in [0.25, 0.3) is 0 Å². The van der Waals surface area contributed by atoms with E-state index in [-0.39, 0.29) is 0 Å². The van der Waals surface area contributed by atoms with E-state index >= 15 is 0 Å². The molecule has 3 heteroatoms. The average molecular weight is 245 g/mol. The summed E-state index contributed by atoms with van der Waals surface area (Å²) in [5, 5.41) is 0. The third kappa shape index (κ3) is 2.74. The Hall–Kier alpha value is -1.61. The number of hydrogen-bond donors (Lipinski definition) is 1. The van der Waals surface area contributed by atoms with Crippen molar-refractivity contribution in [1.82, 2.24) is 0 Å². The summed E-state index contributed by atoms with van der Waals surface area (Å²) in [6, 6.07) is 15.2. The Morgan fingerprint density at radius 3 is 2.47 bits per heavy atom. The summed E-state index contributed by atoms with van der Waals surface area (Å²) in [5.41, 5.74) is 8.67. The van der Waals surface area contributed by atoms with Crippen molar-refractivity contribution < 1.29 is 4.21 Å². The van der Waals surface area contributed by atoms with Crippen LogP contribution in [0.15, 0.2) is 53.4 Å². The van der Waals surface area contributed by atoms with Gasteiger partial charge in [-0.3, -0.25) is 4.21 Å². The van der Waals surface area contributed by atoms with E-state index in [4.69, 9.17) is 5.73 Å². The number of nitrogens with two attached hydrogens (primary N) is 1. The van der Waals surface area contributed by atoms with Crippen molar-refractivity contribution in [3.8, 4) is 0 Å². The molecular weight excluding hydrogens is 230 g/mol. The predicted octanol–water partition coefficient (Wildman–Crippen LogP) is 2.89. The minimum absolute atomic E-state index is 0.515. The number of nitrogen functional groups attached to an aromatic ring is 1. The van der Waals surface area contributed by atoms with Gasteiger partial charge < -0.3 is 5.73 Å². The zero-order chi connectivity index (χ0) is 12.3. The first kappa shape index (κ1) is 11.9. The summed E-state index contributed by atoms with van der Waals surface area (Å²) in [7, 11) is -1.01. The highest BCUT2D eigenvalue weighted by Gasteiger charge is 2.07. The summed E-state index contributed by atoms with van der Waals surface area (Å²) in [4.78, 5) is 0.856. The monoisotopic (exact) mass is 245 g/mol. The Bertz CT molecular complexity index is 537. The standard InChI is InChI=1S/C14H15NOS/c1-11-12(6-5-9-14(11)15)10-17(16)13-7-3-2-4-8-13/h2-9H,10,15H2,1H3. The third-order valence-corrected chi connectivity index (χ3v) is 4.15. The fourth-order valence-corrected chi connectivity index (χ4v) is 2.88. The molecule has 0 aliphatic heterocycles. The second-order valence-corrected chi connectivity index (χ2v) is 5.39. The zero-order valence-electron chi connectivity index (χ0n) is 9.72. The molecule has 0 aliphatic carbocycles. The number of anilines is 1. The molecule has 1 atom stereocenters. The molecule has 0 saturated heterocycles. The molecule has 2 rings (SSSR count). The molecular formula is C14H15NOS. The second-order valence-electron chi connectivity index (χ2n) is 3.93. The van der Waals surface area contributed by atoms with E-state index in [1.165, 1.54) is 0 Å². The Morgan fingerprint density at radius 1 is 1.06 bits per heavy atom. The fraction of sp³-hybridized carbons (Fsp3) is 0.143. The highest BCUT2D eigenvalue weighted by molar-refractivity contribution is 7.84. The van der Waals surface area contributed by atoms with Gasteiger partial charge in [-0.25, -0.2) is 0 Å². The van der Waals surface area contributed by atoms with Crippen LogP contribution in [0.3, 0.4) is 0 Å². The smallest absolute Gasteiger partial charge is 0.0574 e. The predicted molar refractivity (Wildman–Crippen MR) is 72.1 cm³/mol. The van der Waals surface area contributed by atoms with Gasteiger partial charge in [0.2, 0.25) is 0 Å². The van der Waals surface area contributed by atoms with Gasteiger partial charge in [-0.15, -0.1) is 0 Å². The van der Waals surface area contributed by atoms with Gasteiger partial charge in [-0.05, 0) is 36.2 Å². The lowest BCUT2D eigenvalue weighted by Crippen LogP contribution is -2.00. The molecule has 0 amide bonds. The van der Waals surface area contributed by atoms with Gasteiger partial charge in [-0.2, -0.15) is 0 Å². The van der Waals surface area contributed by atoms with Crippen molar-refractivity contribution in [3.05, 3.63) is 59.7 Å². The van der Waals surface area contributed by atoms with E-state index in [0.717, 1.165) is 21.7 Å². The van der Waals surface area contributed by atoms with Gasteiger partial charge in [0.05, 0.1) is 16.6 Å². The van der Waals surface area contributed by atoms with Crippen molar-refractivity contribution in [2.45, 2.75) is 17.6 Å². The number of benzene rings is 2. The lowest BCUT2D eigenvalue weighted by atomic mass is 10.1. The van der Waals surface area contributed by atoms with Gasteiger partial charge in [0, 0.05) is 10.6 Å². The Balaban J connectivity index is 2.22. The maximum atomic E-state index is 12.1. The SMILES string of the molecule is Cc1c(N)cccc1CS(=O)c1ccccc1. The minimum Gasteiger partial charge on any atom is -0.399 e. The van der Waals surface area contributed by atoms with Gasteiger partial charge in [0.1, 0.15) is 0 Å². The molecule has 0 aliphatic rings. The van der Waals surface area contributed by atoms with Gasteiger partial charge >= 0.3 is 0 Å². The van der Waals surface area contributed by atoms with Crippen molar-refractivity contribution in [3.63, 3.8) is 0 Å². The molecule has 1 unspecified atom stereocenters. The van der Waals surface area contributed by atoms with Crippen LogP contribution in [0.5, 0.6) is 0 Å². The van der Waals surface area contributed by atoms with E-state index < -0.39 is 10.8 Å². The first-order valence-corrected chi connectivity index (χ1v) is 6.78. The van der Waals surface area contributed by atoms with E-state index in [0.29, 0.717) is 5.75 Å². The van der Waals surface area contributed by atoms with Crippen molar-refractivity contribution in [2.75, 3.05) is 5.73 Å². The van der Waals surface area contributed by atoms with E-state index in [9.17, 15) is 4.21 Å². The average Bonchev–Trinajstić information content (AvgIpc) is 2.36. The van der Waals surface area contributed by atoms with Crippen LogP contribution in [0.25, 0.3) is 0 Å². The Morgan fingerprint density at radius 2 is 1.76 bits per heavy atom. The van der Waals surface area contributed by atoms with Crippen LogP contribution >= 0.6 is 0 Å². The van der Waals surface area contributed by atoms with Gasteiger partial charge in [0.15, 0.2) is 0 Å². The molecule has 0 bridgehead atoms. The highest BCUT2D eigenvalue weighted by atomic mass is 32.2. The second kappa shape index (κ2) is 5.15. The van der Waals surface area contributed by atoms with Crippen LogP contribution in [0, 0.1) is 6.92 Å². The molecule has 0 saturated carbocycles. The normalized spacial score (nSPS) is 12.3. The molecule has 0 heterocycles. The van der Waals surface area contributed by atoms with E-state index in [1.54, 1.807) is 0 Å². The van der Waals surface area contributed by atoms with Crippen molar-refractivity contribution in [2.24, 2.45) is 0 Å². The first-order chi connectivity index (χ1) is 8.18. The van der Waals surface area contributed by atoms with Gasteiger partial charge in [-0.1, -0.05) is 30.3 Å². The summed E-state index contributed by atoms with van der Waals surface area (Å²) < 4.78 is 12.1. The lowest BCUT2D eigenvalue weighted by Gasteiger charge is -2.08. The summed E-state index contributed by atoms with van der Waals surface area (Å²) in [5.74, 6) is 0.515. The van der Waals surface area contributed by atoms with Crippen LogP contribution in [0.1, 0.15) is 11.1 Å². The molecule has 2 aromatic rings. The highest BCUT2D eigenvalue weighted by Crippen LogP contribution is 2.19. The number of rotatable bonds is 3. The van der Waals surface area contributed by atoms with Crippen molar-refractivity contribution >= 4 is 16.5 Å². The van der Waals surface area contributed by atoms with E-state index in [1.807, 2.05) is 55.5 Å². The quantitative estimate of drug-likeness (QED) is 0.845. The summed E-state index contributed by atoms with van der Waals surface area (Å²) >= 11 is 0. The van der Waals surface area contributed by atoms with Crippen molar-refractivity contribution in [1.29, 1.82) is 0 Å². The van der Waals surface area contributed by atoms with E-state index in [2.05, 4.69) is 0 Å². The Labute approximate surface area is 104 Å². The van der Waals surface area contributed by atoms with Crippen LogP contribution < -0.4 is 5.73 Å². The molecule has 2 aromatic carbocycles. The first-order valence-electron chi connectivity index (χ1n) is 5.46. The molecule has 0 fully saturated rings. The van der Waals surface area contributed by atoms with Crippen LogP contribution in [-0.4, -0.2) is 4.21 Å². The van der Waals surface area contributed by atoms with Crippen LogP contribution in [0.4, 0.5) is 5.69 Å². The molecule has 0 radical (unpaired) electrons.